The summed E-state index contributed by atoms with van der Waals surface area (Å²) in [7, 11) is 0. The fraction of sp³-hybridized carbons (Fsp3) is 0.0222. The number of aromatic nitrogens is 1. The van der Waals surface area contributed by atoms with Crippen molar-refractivity contribution >= 4 is 71.7 Å². The Morgan fingerprint density at radius 1 is 0.540 bits per heavy atom. The van der Waals surface area contributed by atoms with E-state index in [2.05, 4.69) is 131 Å². The molecule has 0 bridgehead atoms. The molecule has 11 rings (SSSR count). The number of fused-ring (bicyclic) bond motifs is 9. The van der Waals surface area contributed by atoms with Crippen molar-refractivity contribution in [1.82, 2.24) is 9.72 Å². The SMILES string of the molecule is c1ccc(C2=NC(c3ccccc3)NC(c3cc4c5ccccc5n5c6ccccc6c(c3-c3ccc6c(c3)oc3ccccc36)c45)=N2)cc1. The lowest BCUT2D eigenvalue weighted by molar-refractivity contribution is 0.669. The summed E-state index contributed by atoms with van der Waals surface area (Å²) in [5, 5.41) is 10.8. The quantitative estimate of drug-likeness (QED) is 0.208. The normalized spacial score (nSPS) is 15.0. The summed E-state index contributed by atoms with van der Waals surface area (Å²) < 4.78 is 8.90. The van der Waals surface area contributed by atoms with Crippen LogP contribution in [0.3, 0.4) is 0 Å². The summed E-state index contributed by atoms with van der Waals surface area (Å²) in [6.07, 6.45) is -0.317. The minimum absolute atomic E-state index is 0.317. The van der Waals surface area contributed by atoms with Gasteiger partial charge in [0.15, 0.2) is 5.84 Å². The van der Waals surface area contributed by atoms with Gasteiger partial charge in [0.1, 0.15) is 23.2 Å². The number of hydrogen-bond donors (Lipinski definition) is 1. The molecule has 5 nitrogen and oxygen atoms in total. The topological polar surface area (TPSA) is 54.3 Å². The van der Waals surface area contributed by atoms with E-state index in [-0.39, 0.29) is 6.17 Å². The molecule has 3 aromatic heterocycles. The Morgan fingerprint density at radius 3 is 2.02 bits per heavy atom. The van der Waals surface area contributed by atoms with Crippen LogP contribution in [0.25, 0.3) is 71.2 Å². The standard InChI is InChI=1S/C45H28N4O/c1-3-13-27(14-4-1)43-46-44(28-15-5-2-6-16-28)48-45(47-43)35-26-34-30-17-7-10-20-36(30)49-37-21-11-8-19-33(37)41(42(34)49)40(35)29-23-24-32-31-18-9-12-22-38(31)50-39(32)25-29/h1-26,43H,(H,46,47,48). The molecule has 0 saturated carbocycles. The number of aliphatic imine (C=N–C) groups is 2. The van der Waals surface area contributed by atoms with Crippen LogP contribution in [-0.4, -0.2) is 16.1 Å². The van der Waals surface area contributed by atoms with Gasteiger partial charge >= 0.3 is 0 Å². The highest BCUT2D eigenvalue weighted by Crippen LogP contribution is 2.46. The minimum Gasteiger partial charge on any atom is -0.456 e. The molecule has 1 atom stereocenters. The molecular formula is C45H28N4O. The van der Waals surface area contributed by atoms with Crippen LogP contribution in [0.4, 0.5) is 0 Å². The zero-order valence-corrected chi connectivity index (χ0v) is 26.8. The number of nitrogens with zero attached hydrogens (tertiary/aromatic N) is 3. The zero-order chi connectivity index (χ0) is 32.8. The summed E-state index contributed by atoms with van der Waals surface area (Å²) in [5.74, 6) is 1.48. The molecule has 0 fully saturated rings. The van der Waals surface area contributed by atoms with E-state index in [1.165, 1.54) is 38.1 Å². The van der Waals surface area contributed by atoms with Gasteiger partial charge in [-0.25, -0.2) is 9.98 Å². The third-order valence-electron chi connectivity index (χ3n) is 10.2. The van der Waals surface area contributed by atoms with Crippen molar-refractivity contribution in [3.05, 3.63) is 174 Å². The molecule has 10 aromatic rings. The van der Waals surface area contributed by atoms with E-state index in [4.69, 9.17) is 14.4 Å². The van der Waals surface area contributed by atoms with E-state index in [9.17, 15) is 0 Å². The van der Waals surface area contributed by atoms with Crippen molar-refractivity contribution in [2.75, 3.05) is 0 Å². The van der Waals surface area contributed by atoms with Gasteiger partial charge in [0.05, 0.1) is 16.6 Å². The van der Waals surface area contributed by atoms with E-state index in [0.717, 1.165) is 55.6 Å². The molecule has 5 heteroatoms. The highest BCUT2D eigenvalue weighted by Gasteiger charge is 2.28. The molecule has 7 aromatic carbocycles. The average Bonchev–Trinajstić information content (AvgIpc) is 3.84. The second-order valence-electron chi connectivity index (χ2n) is 13.0. The molecule has 50 heavy (non-hydrogen) atoms. The van der Waals surface area contributed by atoms with Crippen molar-refractivity contribution in [2.24, 2.45) is 9.98 Å². The van der Waals surface area contributed by atoms with Crippen LogP contribution in [0.15, 0.2) is 172 Å². The maximum Gasteiger partial charge on any atom is 0.159 e. The molecular weight excluding hydrogens is 613 g/mol. The molecule has 0 aliphatic carbocycles. The number of amidine groups is 2. The molecule has 1 aliphatic heterocycles. The third-order valence-corrected chi connectivity index (χ3v) is 10.2. The minimum atomic E-state index is -0.317. The van der Waals surface area contributed by atoms with Gasteiger partial charge in [0, 0.05) is 49.0 Å². The smallest absolute Gasteiger partial charge is 0.159 e. The van der Waals surface area contributed by atoms with Crippen molar-refractivity contribution in [1.29, 1.82) is 0 Å². The molecule has 1 N–H and O–H groups in total. The number of rotatable bonds is 4. The highest BCUT2D eigenvalue weighted by molar-refractivity contribution is 6.31. The predicted molar refractivity (Wildman–Crippen MR) is 206 cm³/mol. The van der Waals surface area contributed by atoms with E-state index < -0.39 is 0 Å². The number of nitrogens with one attached hydrogen (secondary N) is 1. The Kier molecular flexibility index (Phi) is 5.66. The lowest BCUT2D eigenvalue weighted by atomic mass is 9.90. The van der Waals surface area contributed by atoms with Crippen LogP contribution in [0, 0.1) is 0 Å². The molecule has 0 amide bonds. The number of furan rings is 1. The second kappa shape index (κ2) is 10.4. The van der Waals surface area contributed by atoms with Gasteiger partial charge in [0.25, 0.3) is 0 Å². The van der Waals surface area contributed by atoms with E-state index in [0.29, 0.717) is 5.84 Å². The number of para-hydroxylation sites is 3. The monoisotopic (exact) mass is 640 g/mol. The van der Waals surface area contributed by atoms with E-state index >= 15 is 0 Å². The lowest BCUT2D eigenvalue weighted by Gasteiger charge is -2.25. The summed E-state index contributed by atoms with van der Waals surface area (Å²) in [6, 6.07) is 55.4. The Morgan fingerprint density at radius 2 is 1.20 bits per heavy atom. The number of benzene rings is 7. The Hall–Kier alpha value is -6.72. The van der Waals surface area contributed by atoms with Crippen molar-refractivity contribution in [2.45, 2.75) is 6.17 Å². The maximum atomic E-state index is 6.47. The van der Waals surface area contributed by atoms with Gasteiger partial charge in [-0.2, -0.15) is 0 Å². The molecule has 1 aliphatic rings. The van der Waals surface area contributed by atoms with Gasteiger partial charge in [-0.3, -0.25) is 0 Å². The van der Waals surface area contributed by atoms with Crippen LogP contribution >= 0.6 is 0 Å². The fourth-order valence-electron chi connectivity index (χ4n) is 8.00. The lowest BCUT2D eigenvalue weighted by Crippen LogP contribution is -2.34. The molecule has 4 heterocycles. The largest absolute Gasteiger partial charge is 0.456 e. The highest BCUT2D eigenvalue weighted by atomic mass is 16.3. The Balaban J connectivity index is 1.27. The zero-order valence-electron chi connectivity index (χ0n) is 26.8. The third kappa shape index (κ3) is 3.89. The number of hydrogen-bond acceptors (Lipinski definition) is 4. The van der Waals surface area contributed by atoms with Gasteiger partial charge in [-0.1, -0.05) is 121 Å². The van der Waals surface area contributed by atoms with Gasteiger partial charge in [0.2, 0.25) is 0 Å². The van der Waals surface area contributed by atoms with Crippen molar-refractivity contribution in [3.63, 3.8) is 0 Å². The molecule has 0 saturated heterocycles. The van der Waals surface area contributed by atoms with Crippen LogP contribution in [0.1, 0.15) is 22.9 Å². The van der Waals surface area contributed by atoms with Gasteiger partial charge < -0.3 is 14.1 Å². The van der Waals surface area contributed by atoms with Crippen LogP contribution in [0.2, 0.25) is 0 Å². The Labute approximate surface area is 286 Å². The van der Waals surface area contributed by atoms with Crippen LogP contribution in [-0.2, 0) is 0 Å². The first-order valence-electron chi connectivity index (χ1n) is 17.0. The average molecular weight is 641 g/mol. The first kappa shape index (κ1) is 27.3. The fourth-order valence-corrected chi connectivity index (χ4v) is 8.00. The summed E-state index contributed by atoms with van der Waals surface area (Å²) in [5.41, 5.74) is 10.6. The van der Waals surface area contributed by atoms with Crippen LogP contribution in [0.5, 0.6) is 0 Å². The van der Waals surface area contributed by atoms with Crippen molar-refractivity contribution in [3.8, 4) is 11.1 Å². The first-order chi connectivity index (χ1) is 24.8. The summed E-state index contributed by atoms with van der Waals surface area (Å²) in [4.78, 5) is 10.5. The van der Waals surface area contributed by atoms with Crippen molar-refractivity contribution < 1.29 is 4.42 Å². The molecule has 234 valence electrons. The maximum absolute atomic E-state index is 6.47. The Bertz CT molecular complexity index is 3010. The first-order valence-corrected chi connectivity index (χ1v) is 17.0. The van der Waals surface area contributed by atoms with E-state index in [1.54, 1.807) is 0 Å². The van der Waals surface area contributed by atoms with Gasteiger partial charge in [-0.15, -0.1) is 0 Å². The molecule has 0 radical (unpaired) electrons. The molecule has 1 unspecified atom stereocenters. The summed E-state index contributed by atoms with van der Waals surface area (Å²) >= 11 is 0. The molecule has 0 spiro atoms. The van der Waals surface area contributed by atoms with Gasteiger partial charge in [-0.05, 0) is 47.5 Å². The predicted octanol–water partition coefficient (Wildman–Crippen LogP) is 10.9. The van der Waals surface area contributed by atoms with E-state index in [1.807, 2.05) is 36.4 Å². The van der Waals surface area contributed by atoms with Crippen LogP contribution < -0.4 is 5.32 Å². The second-order valence-corrected chi connectivity index (χ2v) is 13.0. The summed E-state index contributed by atoms with van der Waals surface area (Å²) in [6.45, 7) is 0.